The summed E-state index contributed by atoms with van der Waals surface area (Å²) in [6.45, 7) is 8.94. The Kier molecular flexibility index (Phi) is 7.70. The van der Waals surface area contributed by atoms with E-state index in [1.54, 1.807) is 19.9 Å². The maximum atomic E-state index is 11.8. The first kappa shape index (κ1) is 20.8. The average Bonchev–Trinajstić information content (AvgIpc) is 2.52. The summed E-state index contributed by atoms with van der Waals surface area (Å²) in [4.78, 5) is 34.7. The first-order chi connectivity index (χ1) is 11.6. The molecule has 0 fully saturated rings. The third-order valence-corrected chi connectivity index (χ3v) is 3.62. The molecule has 0 atom stereocenters. The molecule has 0 bridgehead atoms. The summed E-state index contributed by atoms with van der Waals surface area (Å²) in [6.07, 6.45) is 0. The first-order valence-electron chi connectivity index (χ1n) is 7.94. The van der Waals surface area contributed by atoms with E-state index in [1.807, 2.05) is 32.3 Å². The normalized spacial score (nSPS) is 10.6. The molecule has 1 aromatic rings. The lowest BCUT2D eigenvalue weighted by molar-refractivity contribution is -0.141. The zero-order valence-corrected chi connectivity index (χ0v) is 15.8. The van der Waals surface area contributed by atoms with Gasteiger partial charge in [-0.3, -0.25) is 25.2 Å². The van der Waals surface area contributed by atoms with Crippen LogP contribution in [0.15, 0.2) is 12.1 Å². The van der Waals surface area contributed by atoms with Gasteiger partial charge in [-0.15, -0.1) is 0 Å². The Hall–Kier alpha value is -2.28. The lowest BCUT2D eigenvalue weighted by Gasteiger charge is -2.16. The maximum absolute atomic E-state index is 11.8. The van der Waals surface area contributed by atoms with Crippen molar-refractivity contribution < 1.29 is 19.1 Å². The molecular weight excluding hydrogens is 346 g/mol. The van der Waals surface area contributed by atoms with E-state index in [4.69, 9.17) is 16.3 Å². The van der Waals surface area contributed by atoms with Crippen LogP contribution in [-0.2, 0) is 14.4 Å². The van der Waals surface area contributed by atoms with E-state index in [9.17, 15) is 14.4 Å². The Morgan fingerprint density at radius 3 is 2.28 bits per heavy atom. The molecule has 1 rings (SSSR count). The van der Waals surface area contributed by atoms with Gasteiger partial charge in [0.05, 0.1) is 0 Å². The van der Waals surface area contributed by atoms with Gasteiger partial charge in [-0.1, -0.05) is 25.4 Å². The van der Waals surface area contributed by atoms with Crippen LogP contribution in [0.5, 0.6) is 5.75 Å². The molecule has 0 aliphatic rings. The molecule has 0 radical (unpaired) electrons. The number of rotatable bonds is 5. The molecule has 8 heteroatoms. The Labute approximate surface area is 152 Å². The van der Waals surface area contributed by atoms with Crippen LogP contribution in [0.25, 0.3) is 0 Å². The minimum atomic E-state index is -0.952. The number of nitrogens with one attached hydrogen (secondary N) is 3. The smallest absolute Gasteiger partial charge is 0.327 e. The van der Waals surface area contributed by atoms with E-state index in [0.717, 1.165) is 11.1 Å². The van der Waals surface area contributed by atoms with Gasteiger partial charge in [0.15, 0.2) is 6.61 Å². The van der Waals surface area contributed by atoms with E-state index >= 15 is 0 Å². The molecule has 0 spiro atoms. The third kappa shape index (κ3) is 6.62. The number of hydrazine groups is 1. The zero-order chi connectivity index (χ0) is 19.1. The van der Waals surface area contributed by atoms with Crippen molar-refractivity contribution in [2.45, 2.75) is 46.6 Å². The summed E-state index contributed by atoms with van der Waals surface area (Å²) in [6, 6.07) is 3.40. The van der Waals surface area contributed by atoms with E-state index in [0.29, 0.717) is 10.8 Å². The molecule has 0 saturated carbocycles. The second-order valence-electron chi connectivity index (χ2n) is 6.21. The van der Waals surface area contributed by atoms with E-state index in [-0.39, 0.29) is 18.6 Å². The molecular formula is C17H24ClN3O4. The summed E-state index contributed by atoms with van der Waals surface area (Å²) in [5.41, 5.74) is 5.87. The number of aryl methyl sites for hydroxylation is 1. The van der Waals surface area contributed by atoms with Crippen LogP contribution in [0, 0.1) is 6.92 Å². The molecule has 7 nitrogen and oxygen atoms in total. The highest BCUT2D eigenvalue weighted by Gasteiger charge is 2.16. The standard InChI is InChI=1S/C17H24ClN3O4/c1-9(2)12-7-13(18)11(5)6-14(12)25-8-15(22)20-21-17(24)16(23)19-10(3)4/h6-7,9-10H,8H2,1-5H3,(H,19,23)(H,20,22)(H,21,24). The van der Waals surface area contributed by atoms with Crippen molar-refractivity contribution >= 4 is 29.3 Å². The number of ether oxygens (including phenoxy) is 1. The number of hydrogen-bond donors (Lipinski definition) is 3. The second kappa shape index (κ2) is 9.27. The van der Waals surface area contributed by atoms with Gasteiger partial charge in [0.1, 0.15) is 5.75 Å². The van der Waals surface area contributed by atoms with Gasteiger partial charge in [0.2, 0.25) is 0 Å². The highest BCUT2D eigenvalue weighted by atomic mass is 35.5. The molecule has 3 N–H and O–H groups in total. The van der Waals surface area contributed by atoms with Crippen LogP contribution >= 0.6 is 11.6 Å². The molecule has 0 unspecified atom stereocenters. The molecule has 138 valence electrons. The number of hydrogen-bond acceptors (Lipinski definition) is 4. The average molecular weight is 370 g/mol. The molecule has 25 heavy (non-hydrogen) atoms. The van der Waals surface area contributed by atoms with Crippen LogP contribution in [-0.4, -0.2) is 30.4 Å². The van der Waals surface area contributed by atoms with Crippen LogP contribution in [0.4, 0.5) is 0 Å². The summed E-state index contributed by atoms with van der Waals surface area (Å²) >= 11 is 6.12. The number of benzene rings is 1. The molecule has 0 saturated heterocycles. The Bertz CT molecular complexity index is 660. The fourth-order valence-corrected chi connectivity index (χ4v) is 2.11. The largest absolute Gasteiger partial charge is 0.483 e. The molecule has 0 aliphatic carbocycles. The predicted octanol–water partition coefficient (Wildman–Crippen LogP) is 1.82. The minimum absolute atomic E-state index is 0.163. The molecule has 1 aromatic carbocycles. The van der Waals surface area contributed by atoms with Gasteiger partial charge in [-0.25, -0.2) is 0 Å². The van der Waals surface area contributed by atoms with Crippen LogP contribution in [0.2, 0.25) is 5.02 Å². The van der Waals surface area contributed by atoms with E-state index in [1.165, 1.54) is 0 Å². The van der Waals surface area contributed by atoms with E-state index in [2.05, 4.69) is 10.7 Å². The topological polar surface area (TPSA) is 96.5 Å². The van der Waals surface area contributed by atoms with Crippen LogP contribution < -0.4 is 20.9 Å². The van der Waals surface area contributed by atoms with Crippen molar-refractivity contribution in [3.63, 3.8) is 0 Å². The Morgan fingerprint density at radius 2 is 1.72 bits per heavy atom. The van der Waals surface area contributed by atoms with Crippen molar-refractivity contribution in [3.8, 4) is 5.75 Å². The fraction of sp³-hybridized carbons (Fsp3) is 0.471. The van der Waals surface area contributed by atoms with Crippen molar-refractivity contribution in [2.75, 3.05) is 6.61 Å². The fourth-order valence-electron chi connectivity index (χ4n) is 1.94. The van der Waals surface area contributed by atoms with Crippen molar-refractivity contribution in [2.24, 2.45) is 0 Å². The SMILES string of the molecule is Cc1cc(OCC(=O)NNC(=O)C(=O)NC(C)C)c(C(C)C)cc1Cl. The number of halogens is 1. The lowest BCUT2D eigenvalue weighted by Crippen LogP contribution is -2.50. The summed E-state index contributed by atoms with van der Waals surface area (Å²) in [5, 5.41) is 3.04. The molecule has 0 heterocycles. The van der Waals surface area contributed by atoms with Crippen molar-refractivity contribution in [1.82, 2.24) is 16.2 Å². The third-order valence-electron chi connectivity index (χ3n) is 3.21. The van der Waals surface area contributed by atoms with Gasteiger partial charge in [-0.2, -0.15) is 0 Å². The van der Waals surface area contributed by atoms with Gasteiger partial charge < -0.3 is 10.1 Å². The van der Waals surface area contributed by atoms with E-state index < -0.39 is 17.7 Å². The quantitative estimate of drug-likeness (QED) is 0.545. The number of amides is 3. The van der Waals surface area contributed by atoms with Gasteiger partial charge in [0, 0.05) is 11.1 Å². The molecule has 3 amide bonds. The highest BCUT2D eigenvalue weighted by molar-refractivity contribution is 6.35. The monoisotopic (exact) mass is 369 g/mol. The Morgan fingerprint density at radius 1 is 1.08 bits per heavy atom. The number of carbonyl (C=O) groups excluding carboxylic acids is 3. The Balaban J connectivity index is 2.59. The molecule has 0 aromatic heterocycles. The number of carbonyl (C=O) groups is 3. The summed E-state index contributed by atoms with van der Waals surface area (Å²) < 4.78 is 5.53. The summed E-state index contributed by atoms with van der Waals surface area (Å²) in [5.74, 6) is -1.65. The summed E-state index contributed by atoms with van der Waals surface area (Å²) in [7, 11) is 0. The van der Waals surface area contributed by atoms with Gasteiger partial charge in [0.25, 0.3) is 5.91 Å². The van der Waals surface area contributed by atoms with Crippen molar-refractivity contribution in [3.05, 3.63) is 28.3 Å². The van der Waals surface area contributed by atoms with Crippen LogP contribution in [0.3, 0.4) is 0 Å². The minimum Gasteiger partial charge on any atom is -0.483 e. The zero-order valence-electron chi connectivity index (χ0n) is 15.0. The second-order valence-corrected chi connectivity index (χ2v) is 6.62. The predicted molar refractivity (Wildman–Crippen MR) is 95.3 cm³/mol. The molecule has 0 aliphatic heterocycles. The van der Waals surface area contributed by atoms with Gasteiger partial charge >= 0.3 is 11.8 Å². The van der Waals surface area contributed by atoms with Crippen molar-refractivity contribution in [1.29, 1.82) is 0 Å². The first-order valence-corrected chi connectivity index (χ1v) is 8.32. The highest BCUT2D eigenvalue weighted by Crippen LogP contribution is 2.31. The van der Waals surface area contributed by atoms with Gasteiger partial charge in [-0.05, 0) is 49.9 Å². The van der Waals surface area contributed by atoms with Crippen LogP contribution in [0.1, 0.15) is 44.7 Å². The lowest BCUT2D eigenvalue weighted by atomic mass is 10.0. The maximum Gasteiger partial charge on any atom is 0.327 e.